The highest BCUT2D eigenvalue weighted by Gasteiger charge is 2.39. The van der Waals surface area contributed by atoms with Crippen LogP contribution in [0.4, 0.5) is 0 Å². The molecule has 1 saturated heterocycles. The minimum Gasteiger partial charge on any atom is -0.368 e. The van der Waals surface area contributed by atoms with Gasteiger partial charge in [-0.2, -0.15) is 0 Å². The Labute approximate surface area is 95.2 Å². The Morgan fingerprint density at radius 2 is 2.06 bits per heavy atom. The average Bonchev–Trinajstić information content (AvgIpc) is 2.63. The topological polar surface area (TPSA) is 72.3 Å². The highest BCUT2D eigenvalue weighted by Crippen LogP contribution is 2.20. The van der Waals surface area contributed by atoms with Crippen LogP contribution in [0, 0.1) is 0 Å². The molecule has 1 fully saturated rings. The molecule has 4 N–H and O–H groups in total. The Kier molecular flexibility index (Phi) is 2.94. The van der Waals surface area contributed by atoms with Gasteiger partial charge in [0.1, 0.15) is 5.54 Å². The number of rotatable bonds is 3. The van der Waals surface area contributed by atoms with Gasteiger partial charge < -0.3 is 11.5 Å². The van der Waals surface area contributed by atoms with Crippen LogP contribution >= 0.6 is 0 Å². The molecule has 1 aliphatic heterocycles. The van der Waals surface area contributed by atoms with Crippen LogP contribution in [0.3, 0.4) is 0 Å². The van der Waals surface area contributed by atoms with E-state index in [1.54, 1.807) is 0 Å². The highest BCUT2D eigenvalue weighted by molar-refractivity contribution is 5.85. The number of nitrogens with two attached hydrogens (primary N) is 2. The first-order chi connectivity index (χ1) is 7.60. The zero-order valence-corrected chi connectivity index (χ0v) is 9.23. The van der Waals surface area contributed by atoms with Crippen molar-refractivity contribution in [1.29, 1.82) is 0 Å². The van der Waals surface area contributed by atoms with Crippen molar-refractivity contribution in [2.45, 2.75) is 18.5 Å². The molecule has 2 rings (SSSR count). The summed E-state index contributed by atoms with van der Waals surface area (Å²) in [5.41, 5.74) is 11.6. The lowest BCUT2D eigenvalue weighted by atomic mass is 10.00. The van der Waals surface area contributed by atoms with E-state index in [1.807, 2.05) is 18.2 Å². The Morgan fingerprint density at radius 1 is 1.38 bits per heavy atom. The second-order valence-electron chi connectivity index (χ2n) is 4.47. The summed E-state index contributed by atoms with van der Waals surface area (Å²) in [5.74, 6) is -0.400. The summed E-state index contributed by atoms with van der Waals surface area (Å²) in [7, 11) is 0. The fourth-order valence-corrected chi connectivity index (χ4v) is 2.09. The number of benzene rings is 1. The molecule has 1 aromatic rings. The molecule has 1 amide bonds. The third kappa shape index (κ3) is 2.23. The lowest BCUT2D eigenvalue weighted by Crippen LogP contribution is -2.53. The standard InChI is InChI=1S/C12H17N3O/c13-11(16)12(14)6-7-15(9-12)8-10-4-2-1-3-5-10/h1-5H,6-9,14H2,(H2,13,16)/t12-/m1/s1. The summed E-state index contributed by atoms with van der Waals surface area (Å²) in [6, 6.07) is 10.1. The summed E-state index contributed by atoms with van der Waals surface area (Å²) in [6.45, 7) is 2.21. The monoisotopic (exact) mass is 219 g/mol. The molecule has 0 aromatic heterocycles. The average molecular weight is 219 g/mol. The van der Waals surface area contributed by atoms with Crippen molar-refractivity contribution in [3.05, 3.63) is 35.9 Å². The van der Waals surface area contributed by atoms with Gasteiger partial charge in [-0.3, -0.25) is 9.69 Å². The highest BCUT2D eigenvalue weighted by atomic mass is 16.1. The largest absolute Gasteiger partial charge is 0.368 e. The summed E-state index contributed by atoms with van der Waals surface area (Å²) in [5, 5.41) is 0. The van der Waals surface area contributed by atoms with Gasteiger partial charge in [0.25, 0.3) is 0 Å². The summed E-state index contributed by atoms with van der Waals surface area (Å²) >= 11 is 0. The minimum absolute atomic E-state index is 0.400. The van der Waals surface area contributed by atoms with Gasteiger partial charge in [-0.15, -0.1) is 0 Å². The molecule has 16 heavy (non-hydrogen) atoms. The molecule has 0 spiro atoms. The molecule has 0 bridgehead atoms. The van der Waals surface area contributed by atoms with E-state index >= 15 is 0 Å². The molecule has 1 heterocycles. The predicted octanol–water partition coefficient (Wildman–Crippen LogP) is 0.0751. The van der Waals surface area contributed by atoms with E-state index in [9.17, 15) is 4.79 Å². The molecule has 1 atom stereocenters. The van der Waals surface area contributed by atoms with Crippen molar-refractivity contribution in [1.82, 2.24) is 4.90 Å². The van der Waals surface area contributed by atoms with Crippen LogP contribution in [0.2, 0.25) is 0 Å². The van der Waals surface area contributed by atoms with Crippen LogP contribution in [0.15, 0.2) is 30.3 Å². The molecule has 4 nitrogen and oxygen atoms in total. The number of nitrogens with zero attached hydrogens (tertiary/aromatic N) is 1. The number of hydrogen-bond donors (Lipinski definition) is 2. The van der Waals surface area contributed by atoms with Gasteiger partial charge in [0, 0.05) is 19.6 Å². The van der Waals surface area contributed by atoms with E-state index in [4.69, 9.17) is 11.5 Å². The first-order valence-electron chi connectivity index (χ1n) is 5.45. The Bertz CT molecular complexity index is 379. The van der Waals surface area contributed by atoms with Crippen molar-refractivity contribution < 1.29 is 4.79 Å². The predicted molar refractivity (Wildman–Crippen MR) is 62.4 cm³/mol. The Hall–Kier alpha value is -1.39. The molecule has 86 valence electrons. The lowest BCUT2D eigenvalue weighted by molar-refractivity contribution is -0.122. The molecule has 1 aliphatic rings. The van der Waals surface area contributed by atoms with Gasteiger partial charge in [-0.1, -0.05) is 30.3 Å². The molecular weight excluding hydrogens is 202 g/mol. The third-order valence-electron chi connectivity index (χ3n) is 3.12. The summed E-state index contributed by atoms with van der Waals surface area (Å²) in [4.78, 5) is 13.4. The fourth-order valence-electron chi connectivity index (χ4n) is 2.09. The van der Waals surface area contributed by atoms with Crippen LogP contribution in [-0.2, 0) is 11.3 Å². The minimum atomic E-state index is -0.839. The SMILES string of the molecule is NC(=O)[C@@]1(N)CCN(Cc2ccccc2)C1. The van der Waals surface area contributed by atoms with Crippen molar-refractivity contribution in [3.8, 4) is 0 Å². The zero-order chi connectivity index (χ0) is 11.6. The summed E-state index contributed by atoms with van der Waals surface area (Å²) < 4.78 is 0. The van der Waals surface area contributed by atoms with Crippen LogP contribution in [0.1, 0.15) is 12.0 Å². The van der Waals surface area contributed by atoms with Crippen molar-refractivity contribution >= 4 is 5.91 Å². The van der Waals surface area contributed by atoms with Gasteiger partial charge in [0.15, 0.2) is 0 Å². The first-order valence-corrected chi connectivity index (χ1v) is 5.45. The smallest absolute Gasteiger partial charge is 0.238 e. The molecule has 0 saturated carbocycles. The van der Waals surface area contributed by atoms with E-state index < -0.39 is 11.4 Å². The van der Waals surface area contributed by atoms with Crippen LogP contribution in [-0.4, -0.2) is 29.4 Å². The third-order valence-corrected chi connectivity index (χ3v) is 3.12. The Balaban J connectivity index is 1.98. The molecule has 4 heteroatoms. The van der Waals surface area contributed by atoms with E-state index in [2.05, 4.69) is 17.0 Å². The number of likely N-dealkylation sites (tertiary alicyclic amines) is 1. The summed E-state index contributed by atoms with van der Waals surface area (Å²) in [6.07, 6.45) is 0.648. The number of hydrogen-bond acceptors (Lipinski definition) is 3. The van der Waals surface area contributed by atoms with Crippen LogP contribution in [0.5, 0.6) is 0 Å². The molecular formula is C12H17N3O. The van der Waals surface area contributed by atoms with Gasteiger partial charge in [0.05, 0.1) is 0 Å². The second kappa shape index (κ2) is 4.23. The number of primary amides is 1. The quantitative estimate of drug-likeness (QED) is 0.756. The van der Waals surface area contributed by atoms with Crippen molar-refractivity contribution in [2.24, 2.45) is 11.5 Å². The van der Waals surface area contributed by atoms with Crippen molar-refractivity contribution in [3.63, 3.8) is 0 Å². The number of amides is 1. The lowest BCUT2D eigenvalue weighted by Gasteiger charge is -2.20. The molecule has 0 radical (unpaired) electrons. The maximum absolute atomic E-state index is 11.2. The van der Waals surface area contributed by atoms with E-state index in [1.165, 1.54) is 5.56 Å². The van der Waals surface area contributed by atoms with Gasteiger partial charge in [0.2, 0.25) is 5.91 Å². The Morgan fingerprint density at radius 3 is 2.62 bits per heavy atom. The maximum Gasteiger partial charge on any atom is 0.238 e. The molecule has 0 unspecified atom stereocenters. The second-order valence-corrected chi connectivity index (χ2v) is 4.47. The molecule has 1 aromatic carbocycles. The number of carbonyl (C=O) groups excluding carboxylic acids is 1. The first kappa shape index (κ1) is 11.1. The van der Waals surface area contributed by atoms with Crippen molar-refractivity contribution in [2.75, 3.05) is 13.1 Å². The fraction of sp³-hybridized carbons (Fsp3) is 0.417. The van der Waals surface area contributed by atoms with E-state index in [0.717, 1.165) is 13.1 Å². The molecule has 0 aliphatic carbocycles. The van der Waals surface area contributed by atoms with E-state index in [0.29, 0.717) is 13.0 Å². The van der Waals surface area contributed by atoms with Gasteiger partial charge >= 0.3 is 0 Å². The van der Waals surface area contributed by atoms with Crippen LogP contribution < -0.4 is 11.5 Å². The number of carbonyl (C=O) groups is 1. The maximum atomic E-state index is 11.2. The normalized spacial score (nSPS) is 25.8. The zero-order valence-electron chi connectivity index (χ0n) is 9.23. The van der Waals surface area contributed by atoms with Gasteiger partial charge in [-0.25, -0.2) is 0 Å². The van der Waals surface area contributed by atoms with E-state index in [-0.39, 0.29) is 0 Å². The van der Waals surface area contributed by atoms with Gasteiger partial charge in [-0.05, 0) is 12.0 Å². The van der Waals surface area contributed by atoms with Crippen LogP contribution in [0.25, 0.3) is 0 Å².